The first-order chi connectivity index (χ1) is 27.5. The fourth-order valence-electron chi connectivity index (χ4n) is 9.68. The number of hydrogen-bond donors (Lipinski definition) is 0. The molecule has 9 aromatic rings. The number of anilines is 3. The van der Waals surface area contributed by atoms with Gasteiger partial charge in [-0.2, -0.15) is 0 Å². The highest BCUT2D eigenvalue weighted by atomic mass is 15.2. The van der Waals surface area contributed by atoms with E-state index in [0.29, 0.717) is 0 Å². The average Bonchev–Trinajstić information content (AvgIpc) is 3.86. The maximum atomic E-state index is 5.54. The summed E-state index contributed by atoms with van der Waals surface area (Å²) in [6, 6.07) is 73.0. The lowest BCUT2D eigenvalue weighted by Gasteiger charge is -2.32. The summed E-state index contributed by atoms with van der Waals surface area (Å²) in [4.78, 5) is 8.01. The minimum Gasteiger partial charge on any atom is -0.308 e. The lowest BCUT2D eigenvalue weighted by molar-refractivity contribution is 0.660. The highest BCUT2D eigenvalue weighted by molar-refractivity contribution is 5.93. The van der Waals surface area contributed by atoms with E-state index in [9.17, 15) is 0 Å². The zero-order chi connectivity index (χ0) is 37.4. The first-order valence-corrected chi connectivity index (χ1v) is 19.5. The Bertz CT molecular complexity index is 2880. The predicted octanol–water partition coefficient (Wildman–Crippen LogP) is 13.2. The molecule has 1 aliphatic heterocycles. The van der Waals surface area contributed by atoms with Crippen molar-refractivity contribution in [2.24, 2.45) is 0 Å². The first-order valence-electron chi connectivity index (χ1n) is 19.5. The summed E-state index contributed by atoms with van der Waals surface area (Å²) in [6.45, 7) is 4.72. The van der Waals surface area contributed by atoms with Gasteiger partial charge in [-0.05, 0) is 87.0 Å². The molecule has 3 nitrogen and oxygen atoms in total. The van der Waals surface area contributed by atoms with E-state index in [4.69, 9.17) is 4.98 Å². The molecule has 0 unspecified atom stereocenters. The van der Waals surface area contributed by atoms with Crippen LogP contribution in [0.25, 0.3) is 39.0 Å². The van der Waals surface area contributed by atoms with Crippen LogP contribution in [0.2, 0.25) is 0 Å². The van der Waals surface area contributed by atoms with Gasteiger partial charge in [0.25, 0.3) is 0 Å². The predicted molar refractivity (Wildman–Crippen MR) is 231 cm³/mol. The molecule has 11 rings (SSSR count). The molecule has 0 amide bonds. The smallest absolute Gasteiger partial charge is 0.134 e. The zero-order valence-corrected chi connectivity index (χ0v) is 31.4. The van der Waals surface area contributed by atoms with Crippen molar-refractivity contribution in [1.82, 2.24) is 9.55 Å². The highest BCUT2D eigenvalue weighted by Gasteiger charge is 2.50. The number of aromatic nitrogens is 2. The van der Waals surface area contributed by atoms with Crippen LogP contribution >= 0.6 is 0 Å². The number of imidazole rings is 1. The summed E-state index contributed by atoms with van der Waals surface area (Å²) in [5, 5.41) is 0. The van der Waals surface area contributed by atoms with Crippen molar-refractivity contribution >= 4 is 28.1 Å². The molecule has 1 aliphatic carbocycles. The fourth-order valence-corrected chi connectivity index (χ4v) is 9.68. The third-order valence-electron chi connectivity index (χ3n) is 12.3. The topological polar surface area (TPSA) is 21.1 Å². The van der Waals surface area contributed by atoms with Gasteiger partial charge >= 0.3 is 0 Å². The van der Waals surface area contributed by atoms with Gasteiger partial charge in [0, 0.05) is 22.4 Å². The molecular weight excluding hydrogens is 679 g/mol. The maximum Gasteiger partial charge on any atom is 0.134 e. The molecule has 0 N–H and O–H groups in total. The van der Waals surface area contributed by atoms with Crippen LogP contribution in [0.5, 0.6) is 0 Å². The number of fused-ring (bicyclic) bond motifs is 8. The van der Waals surface area contributed by atoms with Crippen molar-refractivity contribution in [2.75, 3.05) is 4.90 Å². The van der Waals surface area contributed by atoms with E-state index < -0.39 is 5.41 Å². The lowest BCUT2D eigenvalue weighted by Crippen LogP contribution is -2.29. The van der Waals surface area contributed by atoms with Gasteiger partial charge < -0.3 is 4.90 Å². The number of para-hydroxylation sites is 3. The number of benzene rings is 8. The van der Waals surface area contributed by atoms with Crippen LogP contribution in [0, 0.1) is 0 Å². The molecule has 0 atom stereocenters. The minimum absolute atomic E-state index is 0.146. The zero-order valence-electron chi connectivity index (χ0n) is 31.4. The summed E-state index contributed by atoms with van der Waals surface area (Å²) in [5.74, 6) is 1.00. The second-order valence-electron chi connectivity index (χ2n) is 15.6. The van der Waals surface area contributed by atoms with Gasteiger partial charge in [0.15, 0.2) is 0 Å². The van der Waals surface area contributed by atoms with Crippen molar-refractivity contribution in [3.8, 4) is 27.9 Å². The molecule has 0 fully saturated rings. The van der Waals surface area contributed by atoms with Crippen molar-refractivity contribution in [3.63, 3.8) is 0 Å². The molecule has 2 heterocycles. The Morgan fingerprint density at radius 2 is 1.04 bits per heavy atom. The molecule has 0 saturated carbocycles. The SMILES string of the molecule is CC1(C)c2ccccc2-c2ccc(N(c3ccc(-c4ccccc4)cc3)c3cccc4c3-n3c(nc5ccccc53)C4(c3ccccc3)c3ccccc3)cc21. The Morgan fingerprint density at radius 3 is 1.77 bits per heavy atom. The number of hydrogen-bond acceptors (Lipinski definition) is 2. The van der Waals surface area contributed by atoms with Crippen LogP contribution in [-0.4, -0.2) is 9.55 Å². The van der Waals surface area contributed by atoms with E-state index in [-0.39, 0.29) is 5.41 Å². The van der Waals surface area contributed by atoms with Gasteiger partial charge in [-0.15, -0.1) is 0 Å². The van der Waals surface area contributed by atoms with Gasteiger partial charge in [0.05, 0.1) is 22.4 Å². The molecule has 266 valence electrons. The van der Waals surface area contributed by atoms with Crippen LogP contribution in [0.1, 0.15) is 47.5 Å². The average molecular weight is 718 g/mol. The van der Waals surface area contributed by atoms with Crippen molar-refractivity contribution < 1.29 is 0 Å². The normalized spacial score (nSPS) is 14.2. The second-order valence-corrected chi connectivity index (χ2v) is 15.6. The summed E-state index contributed by atoms with van der Waals surface area (Å²) < 4.78 is 2.44. The molecule has 2 aliphatic rings. The Morgan fingerprint density at radius 1 is 0.464 bits per heavy atom. The third-order valence-corrected chi connectivity index (χ3v) is 12.3. The Kier molecular flexibility index (Phi) is 7.11. The van der Waals surface area contributed by atoms with E-state index in [1.54, 1.807) is 0 Å². The van der Waals surface area contributed by atoms with E-state index in [2.05, 4.69) is 224 Å². The number of nitrogens with zero attached hydrogens (tertiary/aromatic N) is 3. The molecule has 0 spiro atoms. The molecule has 0 saturated heterocycles. The van der Waals surface area contributed by atoms with Crippen LogP contribution in [0.4, 0.5) is 17.1 Å². The summed E-state index contributed by atoms with van der Waals surface area (Å²) >= 11 is 0. The molecule has 8 aromatic carbocycles. The third kappa shape index (κ3) is 4.55. The number of rotatable bonds is 6. The van der Waals surface area contributed by atoms with Crippen LogP contribution in [0.15, 0.2) is 200 Å². The fraction of sp³-hybridized carbons (Fsp3) is 0.0755. The largest absolute Gasteiger partial charge is 0.308 e. The molecule has 0 bridgehead atoms. The minimum atomic E-state index is -0.655. The van der Waals surface area contributed by atoms with Gasteiger partial charge in [-0.1, -0.05) is 172 Å². The van der Waals surface area contributed by atoms with Crippen molar-refractivity contribution in [2.45, 2.75) is 24.7 Å². The molecule has 3 heteroatoms. The second kappa shape index (κ2) is 12.3. The van der Waals surface area contributed by atoms with Crippen LogP contribution in [-0.2, 0) is 10.8 Å². The van der Waals surface area contributed by atoms with E-state index in [1.165, 1.54) is 50.1 Å². The Balaban J connectivity index is 1.22. The summed E-state index contributed by atoms with van der Waals surface area (Å²) in [6.07, 6.45) is 0. The van der Waals surface area contributed by atoms with Crippen molar-refractivity contribution in [1.29, 1.82) is 0 Å². The molecule has 1 aromatic heterocycles. The van der Waals surface area contributed by atoms with Gasteiger partial charge in [0.2, 0.25) is 0 Å². The van der Waals surface area contributed by atoms with E-state index in [1.807, 2.05) is 0 Å². The van der Waals surface area contributed by atoms with Crippen LogP contribution < -0.4 is 4.90 Å². The Hall–Kier alpha value is -6.97. The molecule has 56 heavy (non-hydrogen) atoms. The molecular formula is C53H39N3. The summed E-state index contributed by atoms with van der Waals surface area (Å²) in [7, 11) is 0. The lowest BCUT2D eigenvalue weighted by atomic mass is 9.70. The van der Waals surface area contributed by atoms with E-state index >= 15 is 0 Å². The van der Waals surface area contributed by atoms with Crippen LogP contribution in [0.3, 0.4) is 0 Å². The van der Waals surface area contributed by atoms with Gasteiger partial charge in [-0.25, -0.2) is 4.98 Å². The first kappa shape index (κ1) is 32.5. The molecule has 0 radical (unpaired) electrons. The summed E-state index contributed by atoms with van der Waals surface area (Å²) in [5.41, 5.74) is 17.0. The van der Waals surface area contributed by atoms with Crippen molar-refractivity contribution in [3.05, 3.63) is 234 Å². The Labute approximate surface area is 327 Å². The quantitative estimate of drug-likeness (QED) is 0.171. The standard InChI is InChI=1S/C53H39N3/c1-52(2)44-24-13-12-23-42(44)43-34-33-41(35-46(43)52)55(40-31-29-37(30-32-40)36-17-6-3-7-18-36)49-28-16-25-45-50(49)56-48-27-15-14-26-47(48)54-51(56)53(45,38-19-8-4-9-20-38)39-21-10-5-11-22-39/h3-35H,1-2H3. The van der Waals surface area contributed by atoms with E-state index in [0.717, 1.165) is 39.6 Å². The van der Waals surface area contributed by atoms with Gasteiger partial charge in [-0.3, -0.25) is 4.57 Å². The highest BCUT2D eigenvalue weighted by Crippen LogP contribution is 2.57. The monoisotopic (exact) mass is 717 g/mol. The maximum absolute atomic E-state index is 5.54. The van der Waals surface area contributed by atoms with Gasteiger partial charge in [0.1, 0.15) is 11.2 Å².